The molecular formula is C22H20F3NO3. The molecule has 29 heavy (non-hydrogen) atoms. The van der Waals surface area contributed by atoms with Gasteiger partial charge in [-0.3, -0.25) is 9.59 Å². The van der Waals surface area contributed by atoms with Crippen LogP contribution in [0.1, 0.15) is 33.5 Å². The molecule has 1 unspecified atom stereocenters. The van der Waals surface area contributed by atoms with Crippen LogP contribution >= 0.6 is 0 Å². The molecule has 1 fully saturated rings. The Balaban J connectivity index is 1.42. The number of hydrogen-bond donors (Lipinski definition) is 0. The number of nitrogens with zero attached hydrogens (tertiary/aromatic N) is 1. The van der Waals surface area contributed by atoms with Gasteiger partial charge in [0, 0.05) is 30.6 Å². The highest BCUT2D eigenvalue weighted by molar-refractivity contribution is 5.95. The van der Waals surface area contributed by atoms with E-state index in [1.54, 1.807) is 29.2 Å². The minimum absolute atomic E-state index is 0.0237. The summed E-state index contributed by atoms with van der Waals surface area (Å²) in [6.45, 7) is 1.13. The molecule has 1 amide bonds. The topological polar surface area (TPSA) is 46.6 Å². The zero-order valence-corrected chi connectivity index (χ0v) is 15.7. The van der Waals surface area contributed by atoms with E-state index in [9.17, 15) is 22.8 Å². The fourth-order valence-corrected chi connectivity index (χ4v) is 3.99. The molecule has 0 spiro atoms. The molecule has 0 N–H and O–H groups in total. The van der Waals surface area contributed by atoms with Gasteiger partial charge in [0.15, 0.2) is 5.78 Å². The van der Waals surface area contributed by atoms with Crippen LogP contribution in [-0.2, 0) is 23.8 Å². The van der Waals surface area contributed by atoms with E-state index in [0.29, 0.717) is 42.0 Å². The normalized spacial score (nSPS) is 19.1. The van der Waals surface area contributed by atoms with E-state index in [2.05, 4.69) is 0 Å². The third kappa shape index (κ3) is 4.28. The minimum Gasteiger partial charge on any atom is -0.486 e. The van der Waals surface area contributed by atoms with Crippen LogP contribution in [0.4, 0.5) is 13.2 Å². The number of benzene rings is 2. The third-order valence-corrected chi connectivity index (χ3v) is 5.44. The number of rotatable bonds is 3. The number of alkyl halides is 3. The fourth-order valence-electron chi connectivity index (χ4n) is 3.99. The fraction of sp³-hybridized carbons (Fsp3) is 0.364. The number of Topliss-reactive ketones (excluding diaryl/α,β-unsaturated/α-hetero) is 1. The van der Waals surface area contributed by atoms with Gasteiger partial charge in [-0.1, -0.05) is 18.2 Å². The summed E-state index contributed by atoms with van der Waals surface area (Å²) in [5, 5.41) is 0. The SMILES string of the molecule is O=C1COc2ccc(C(=O)N3CCC(Cc4cccc(C(F)(F)F)c4)C3)cc2C1. The standard InChI is InChI=1S/C22H20F3NO3/c23-22(24,25)18-3-1-2-14(9-18)8-15-6-7-26(12-15)21(28)16-4-5-20-17(10-16)11-19(27)13-29-20/h1-5,9-10,15H,6-8,11-13H2. The molecule has 1 atom stereocenters. The van der Waals surface area contributed by atoms with Gasteiger partial charge in [-0.2, -0.15) is 13.2 Å². The van der Waals surface area contributed by atoms with E-state index < -0.39 is 11.7 Å². The molecule has 0 bridgehead atoms. The average molecular weight is 403 g/mol. The van der Waals surface area contributed by atoms with Gasteiger partial charge >= 0.3 is 6.18 Å². The van der Waals surface area contributed by atoms with E-state index in [4.69, 9.17) is 4.74 Å². The van der Waals surface area contributed by atoms with Crippen LogP contribution in [0.5, 0.6) is 5.75 Å². The Morgan fingerprint density at radius 1 is 1.17 bits per heavy atom. The molecule has 4 rings (SSSR count). The van der Waals surface area contributed by atoms with E-state index in [0.717, 1.165) is 12.5 Å². The number of fused-ring (bicyclic) bond motifs is 1. The minimum atomic E-state index is -4.36. The quantitative estimate of drug-likeness (QED) is 0.781. The summed E-state index contributed by atoms with van der Waals surface area (Å²) in [4.78, 5) is 26.2. The largest absolute Gasteiger partial charge is 0.486 e. The molecule has 0 radical (unpaired) electrons. The molecule has 0 saturated carbocycles. The Labute approximate surface area is 166 Å². The molecule has 1 saturated heterocycles. The molecule has 0 aromatic heterocycles. The van der Waals surface area contributed by atoms with Crippen molar-refractivity contribution in [3.05, 3.63) is 64.7 Å². The van der Waals surface area contributed by atoms with Crippen molar-refractivity contribution in [1.82, 2.24) is 4.90 Å². The first kappa shape index (κ1) is 19.5. The molecule has 2 aromatic rings. The van der Waals surface area contributed by atoms with Gasteiger partial charge in [0.2, 0.25) is 0 Å². The summed E-state index contributed by atoms with van der Waals surface area (Å²) < 4.78 is 44.1. The average Bonchev–Trinajstić information content (AvgIpc) is 3.14. The number of amides is 1. The number of hydrogen-bond acceptors (Lipinski definition) is 3. The molecule has 2 aliphatic rings. The van der Waals surface area contributed by atoms with Crippen LogP contribution in [-0.4, -0.2) is 36.3 Å². The Kier molecular flexibility index (Phi) is 5.06. The molecule has 4 nitrogen and oxygen atoms in total. The number of ether oxygens (including phenoxy) is 1. The predicted molar refractivity (Wildman–Crippen MR) is 99.8 cm³/mol. The van der Waals surface area contributed by atoms with Gasteiger partial charge in [0.1, 0.15) is 12.4 Å². The van der Waals surface area contributed by atoms with Crippen LogP contribution < -0.4 is 4.74 Å². The first-order valence-electron chi connectivity index (χ1n) is 9.52. The lowest BCUT2D eigenvalue weighted by Crippen LogP contribution is -2.29. The van der Waals surface area contributed by atoms with Crippen LogP contribution in [0.2, 0.25) is 0 Å². The zero-order valence-electron chi connectivity index (χ0n) is 15.7. The molecule has 2 aliphatic heterocycles. The number of carbonyl (C=O) groups excluding carboxylic acids is 2. The summed E-state index contributed by atoms with van der Waals surface area (Å²) in [6, 6.07) is 10.5. The Morgan fingerprint density at radius 3 is 2.79 bits per heavy atom. The van der Waals surface area contributed by atoms with Gasteiger partial charge in [-0.05, 0) is 48.6 Å². The van der Waals surface area contributed by atoms with Gasteiger partial charge < -0.3 is 9.64 Å². The van der Waals surface area contributed by atoms with Crippen molar-refractivity contribution in [2.45, 2.75) is 25.4 Å². The number of ketones is 1. The molecular weight excluding hydrogens is 383 g/mol. The highest BCUT2D eigenvalue weighted by Gasteiger charge is 2.31. The smallest absolute Gasteiger partial charge is 0.416 e. The second kappa shape index (κ2) is 7.54. The Hall–Kier alpha value is -2.83. The summed E-state index contributed by atoms with van der Waals surface area (Å²) in [5.41, 5.74) is 1.20. The lowest BCUT2D eigenvalue weighted by Gasteiger charge is -2.20. The number of halogens is 3. The predicted octanol–water partition coefficient (Wildman–Crippen LogP) is 3.91. The van der Waals surface area contributed by atoms with Gasteiger partial charge in [-0.15, -0.1) is 0 Å². The van der Waals surface area contributed by atoms with Crippen LogP contribution in [0.15, 0.2) is 42.5 Å². The van der Waals surface area contributed by atoms with E-state index in [1.807, 2.05) is 0 Å². The molecule has 7 heteroatoms. The molecule has 2 aromatic carbocycles. The molecule has 2 heterocycles. The summed E-state index contributed by atoms with van der Waals surface area (Å²) >= 11 is 0. The van der Waals surface area contributed by atoms with E-state index in [-0.39, 0.29) is 30.6 Å². The van der Waals surface area contributed by atoms with Crippen molar-refractivity contribution in [3.8, 4) is 5.75 Å². The van der Waals surface area contributed by atoms with Crippen LogP contribution in [0.25, 0.3) is 0 Å². The maximum absolute atomic E-state index is 12.9. The van der Waals surface area contributed by atoms with E-state index in [1.165, 1.54) is 12.1 Å². The summed E-state index contributed by atoms with van der Waals surface area (Å²) in [6.07, 6.45) is -2.85. The van der Waals surface area contributed by atoms with Crippen LogP contribution in [0, 0.1) is 5.92 Å². The summed E-state index contributed by atoms with van der Waals surface area (Å²) in [7, 11) is 0. The monoisotopic (exact) mass is 403 g/mol. The van der Waals surface area contributed by atoms with Gasteiger partial charge in [0.05, 0.1) is 5.56 Å². The van der Waals surface area contributed by atoms with Crippen molar-refractivity contribution in [2.24, 2.45) is 5.92 Å². The number of likely N-dealkylation sites (tertiary alicyclic amines) is 1. The first-order chi connectivity index (χ1) is 13.8. The van der Waals surface area contributed by atoms with Gasteiger partial charge in [-0.25, -0.2) is 0 Å². The Bertz CT molecular complexity index is 955. The van der Waals surface area contributed by atoms with Gasteiger partial charge in [0.25, 0.3) is 5.91 Å². The third-order valence-electron chi connectivity index (χ3n) is 5.44. The van der Waals surface area contributed by atoms with E-state index >= 15 is 0 Å². The van der Waals surface area contributed by atoms with Crippen molar-refractivity contribution < 1.29 is 27.5 Å². The second-order valence-corrected chi connectivity index (χ2v) is 7.63. The second-order valence-electron chi connectivity index (χ2n) is 7.63. The Morgan fingerprint density at radius 2 is 2.00 bits per heavy atom. The zero-order chi connectivity index (χ0) is 20.6. The highest BCUT2D eigenvalue weighted by atomic mass is 19.4. The van der Waals surface area contributed by atoms with Crippen molar-refractivity contribution >= 4 is 11.7 Å². The first-order valence-corrected chi connectivity index (χ1v) is 9.52. The molecule has 0 aliphatic carbocycles. The van der Waals surface area contributed by atoms with Crippen LogP contribution in [0.3, 0.4) is 0 Å². The lowest BCUT2D eigenvalue weighted by molar-refractivity contribution is -0.137. The lowest BCUT2D eigenvalue weighted by atomic mass is 9.97. The van der Waals surface area contributed by atoms with Crippen molar-refractivity contribution in [2.75, 3.05) is 19.7 Å². The summed E-state index contributed by atoms with van der Waals surface area (Å²) in [5.74, 6) is 0.594. The maximum Gasteiger partial charge on any atom is 0.416 e. The highest BCUT2D eigenvalue weighted by Crippen LogP contribution is 2.31. The van der Waals surface area contributed by atoms with Crippen molar-refractivity contribution in [3.63, 3.8) is 0 Å². The number of carbonyl (C=O) groups is 2. The maximum atomic E-state index is 12.9. The van der Waals surface area contributed by atoms with Crippen molar-refractivity contribution in [1.29, 1.82) is 0 Å². The molecule has 152 valence electrons.